The average molecular weight is 412 g/mol. The normalized spacial score (nSPS) is 15.1. The number of amides is 1. The van der Waals surface area contributed by atoms with Gasteiger partial charge in [0.2, 0.25) is 0 Å². The van der Waals surface area contributed by atoms with Gasteiger partial charge in [-0.2, -0.15) is 5.10 Å². The summed E-state index contributed by atoms with van der Waals surface area (Å²) in [7, 11) is 0. The number of aryl methyl sites for hydroxylation is 2. The summed E-state index contributed by atoms with van der Waals surface area (Å²) in [6.07, 6.45) is 1.26. The molecular formula is C22H25N3O3S. The zero-order valence-electron chi connectivity index (χ0n) is 17.0. The number of hydrogen-bond acceptors (Lipinski definition) is 5. The van der Waals surface area contributed by atoms with Crippen LogP contribution in [-0.4, -0.2) is 45.8 Å². The topological polar surface area (TPSA) is 64.4 Å². The van der Waals surface area contributed by atoms with Gasteiger partial charge in [-0.05, 0) is 45.2 Å². The molecule has 3 heterocycles. The molecule has 1 aromatic carbocycles. The number of likely N-dealkylation sites (tertiary alicyclic amines) is 1. The lowest BCUT2D eigenvalue weighted by Crippen LogP contribution is -2.38. The van der Waals surface area contributed by atoms with Gasteiger partial charge in [-0.15, -0.1) is 11.3 Å². The number of rotatable bonds is 5. The van der Waals surface area contributed by atoms with Crippen LogP contribution in [0.3, 0.4) is 0 Å². The number of nitrogens with zero attached hydrogens (tertiary/aromatic N) is 3. The number of carbonyl (C=O) groups excluding carboxylic acids is 2. The van der Waals surface area contributed by atoms with Crippen LogP contribution in [0.1, 0.15) is 46.3 Å². The molecule has 1 aliphatic heterocycles. The summed E-state index contributed by atoms with van der Waals surface area (Å²) >= 11 is 1.36. The largest absolute Gasteiger partial charge is 0.448 e. The van der Waals surface area contributed by atoms with Crippen LogP contribution in [0.25, 0.3) is 10.2 Å². The molecule has 0 aliphatic carbocycles. The van der Waals surface area contributed by atoms with E-state index < -0.39 is 12.1 Å². The highest BCUT2D eigenvalue weighted by Gasteiger charge is 2.27. The number of esters is 1. The molecule has 3 aromatic rings. The number of thiophene rings is 1. The van der Waals surface area contributed by atoms with E-state index in [1.807, 2.05) is 17.7 Å². The zero-order chi connectivity index (χ0) is 20.5. The monoisotopic (exact) mass is 411 g/mol. The molecule has 0 bridgehead atoms. The first-order valence-electron chi connectivity index (χ1n) is 9.94. The molecule has 1 fully saturated rings. The fraction of sp³-hybridized carbons (Fsp3) is 0.409. The Morgan fingerprint density at radius 3 is 2.55 bits per heavy atom. The van der Waals surface area contributed by atoms with Crippen molar-refractivity contribution in [1.29, 1.82) is 0 Å². The highest BCUT2D eigenvalue weighted by molar-refractivity contribution is 7.20. The number of benzene rings is 1. The van der Waals surface area contributed by atoms with Gasteiger partial charge in [0.15, 0.2) is 6.10 Å². The van der Waals surface area contributed by atoms with Crippen molar-refractivity contribution in [1.82, 2.24) is 14.7 Å². The van der Waals surface area contributed by atoms with Crippen LogP contribution in [0.15, 0.2) is 30.3 Å². The Morgan fingerprint density at radius 1 is 1.17 bits per heavy atom. The number of carbonyl (C=O) groups is 2. The van der Waals surface area contributed by atoms with E-state index in [-0.39, 0.29) is 5.91 Å². The van der Waals surface area contributed by atoms with E-state index in [4.69, 9.17) is 4.74 Å². The first-order valence-corrected chi connectivity index (χ1v) is 10.8. The molecule has 1 aliphatic rings. The Morgan fingerprint density at radius 2 is 1.86 bits per heavy atom. The van der Waals surface area contributed by atoms with Crippen LogP contribution in [-0.2, 0) is 16.1 Å². The lowest BCUT2D eigenvalue weighted by molar-refractivity contribution is -0.138. The summed E-state index contributed by atoms with van der Waals surface area (Å²) < 4.78 is 7.40. The summed E-state index contributed by atoms with van der Waals surface area (Å²) in [5.41, 5.74) is 3.25. The van der Waals surface area contributed by atoms with E-state index in [1.54, 1.807) is 11.8 Å². The predicted molar refractivity (Wildman–Crippen MR) is 113 cm³/mol. The lowest BCUT2D eigenvalue weighted by atomic mass is 10.1. The van der Waals surface area contributed by atoms with E-state index in [9.17, 15) is 9.59 Å². The maximum Gasteiger partial charge on any atom is 0.349 e. The van der Waals surface area contributed by atoms with Crippen molar-refractivity contribution in [2.75, 3.05) is 13.1 Å². The standard InChI is InChI=1S/C22H25N3O3S/c1-14-6-8-17(9-7-14)13-25-21-18(15(2)23-25)12-19(29-21)22(27)28-16(3)20(26)24-10-4-5-11-24/h6-9,12,16H,4-5,10-11,13H2,1-3H3/t16-/m1/s1. The Bertz CT molecular complexity index is 1050. The Kier molecular flexibility index (Phi) is 5.41. The van der Waals surface area contributed by atoms with Crippen LogP contribution in [0.2, 0.25) is 0 Å². The van der Waals surface area contributed by atoms with Crippen molar-refractivity contribution in [3.63, 3.8) is 0 Å². The average Bonchev–Trinajstić information content (AvgIpc) is 3.42. The Labute approximate surface area is 174 Å². The van der Waals surface area contributed by atoms with Crippen LogP contribution >= 0.6 is 11.3 Å². The van der Waals surface area contributed by atoms with Gasteiger partial charge in [0.25, 0.3) is 5.91 Å². The molecule has 6 nitrogen and oxygen atoms in total. The van der Waals surface area contributed by atoms with Crippen LogP contribution in [0.4, 0.5) is 0 Å². The summed E-state index contributed by atoms with van der Waals surface area (Å²) in [5, 5.41) is 5.58. The molecule has 29 heavy (non-hydrogen) atoms. The third-order valence-corrected chi connectivity index (χ3v) is 6.44. The summed E-state index contributed by atoms with van der Waals surface area (Å²) in [6.45, 7) is 7.79. The van der Waals surface area contributed by atoms with Gasteiger partial charge in [-0.25, -0.2) is 4.79 Å². The van der Waals surface area contributed by atoms with Gasteiger partial charge in [-0.3, -0.25) is 9.48 Å². The van der Waals surface area contributed by atoms with Gasteiger partial charge in [-0.1, -0.05) is 29.8 Å². The van der Waals surface area contributed by atoms with E-state index in [0.717, 1.165) is 47.4 Å². The summed E-state index contributed by atoms with van der Waals surface area (Å²) in [4.78, 5) is 28.3. The molecule has 152 valence electrons. The number of aromatic nitrogens is 2. The van der Waals surface area contributed by atoms with Crippen molar-refractivity contribution in [2.45, 2.75) is 46.3 Å². The molecule has 0 spiro atoms. The molecule has 0 unspecified atom stereocenters. The van der Waals surface area contributed by atoms with Gasteiger partial charge >= 0.3 is 5.97 Å². The predicted octanol–water partition coefficient (Wildman–Crippen LogP) is 3.93. The number of fused-ring (bicyclic) bond motifs is 1. The number of hydrogen-bond donors (Lipinski definition) is 0. The third kappa shape index (κ3) is 4.05. The van der Waals surface area contributed by atoms with Crippen LogP contribution in [0, 0.1) is 13.8 Å². The molecule has 0 N–H and O–H groups in total. The maximum absolute atomic E-state index is 12.6. The summed E-state index contributed by atoms with van der Waals surface area (Å²) in [5.74, 6) is -0.564. The third-order valence-electron chi connectivity index (χ3n) is 5.31. The van der Waals surface area contributed by atoms with Gasteiger partial charge in [0.05, 0.1) is 12.2 Å². The Balaban J connectivity index is 1.51. The highest BCUT2D eigenvalue weighted by atomic mass is 32.1. The summed E-state index contributed by atoms with van der Waals surface area (Å²) in [6, 6.07) is 10.2. The fourth-order valence-corrected chi connectivity index (χ4v) is 4.69. The van der Waals surface area contributed by atoms with Crippen LogP contribution in [0.5, 0.6) is 0 Å². The molecule has 1 amide bonds. The van der Waals surface area contributed by atoms with Crippen molar-refractivity contribution in [3.8, 4) is 0 Å². The molecule has 2 aromatic heterocycles. The zero-order valence-corrected chi connectivity index (χ0v) is 17.8. The lowest BCUT2D eigenvalue weighted by Gasteiger charge is -2.20. The van der Waals surface area contributed by atoms with Crippen molar-refractivity contribution in [3.05, 3.63) is 52.0 Å². The Hall–Kier alpha value is -2.67. The van der Waals surface area contributed by atoms with E-state index >= 15 is 0 Å². The van der Waals surface area contributed by atoms with E-state index in [2.05, 4.69) is 36.3 Å². The fourth-order valence-electron chi connectivity index (χ4n) is 3.65. The first kappa shape index (κ1) is 19.6. The van der Waals surface area contributed by atoms with Crippen molar-refractivity contribution in [2.24, 2.45) is 0 Å². The van der Waals surface area contributed by atoms with Crippen LogP contribution < -0.4 is 0 Å². The van der Waals surface area contributed by atoms with Gasteiger partial charge < -0.3 is 9.64 Å². The maximum atomic E-state index is 12.6. The minimum absolute atomic E-state index is 0.112. The number of ether oxygens (including phenoxy) is 1. The molecule has 7 heteroatoms. The molecule has 0 radical (unpaired) electrons. The molecule has 1 atom stereocenters. The van der Waals surface area contributed by atoms with Crippen molar-refractivity contribution >= 4 is 33.4 Å². The molecule has 4 rings (SSSR count). The second-order valence-electron chi connectivity index (χ2n) is 7.64. The minimum atomic E-state index is -0.768. The smallest absolute Gasteiger partial charge is 0.349 e. The molecule has 1 saturated heterocycles. The molecule has 0 saturated carbocycles. The SMILES string of the molecule is Cc1ccc(Cn2nc(C)c3cc(C(=O)O[C@H](C)C(=O)N4CCCC4)sc32)cc1. The first-order chi connectivity index (χ1) is 13.9. The van der Waals surface area contributed by atoms with Crippen molar-refractivity contribution < 1.29 is 14.3 Å². The second-order valence-corrected chi connectivity index (χ2v) is 8.67. The van der Waals surface area contributed by atoms with E-state index in [0.29, 0.717) is 11.4 Å². The molecular weight excluding hydrogens is 386 g/mol. The minimum Gasteiger partial charge on any atom is -0.448 e. The van der Waals surface area contributed by atoms with Gasteiger partial charge in [0.1, 0.15) is 9.71 Å². The quantitative estimate of drug-likeness (QED) is 0.597. The van der Waals surface area contributed by atoms with E-state index in [1.165, 1.54) is 16.9 Å². The highest BCUT2D eigenvalue weighted by Crippen LogP contribution is 2.29. The van der Waals surface area contributed by atoms with Gasteiger partial charge in [0, 0.05) is 18.5 Å². The second kappa shape index (κ2) is 7.99.